The second-order valence-electron chi connectivity index (χ2n) is 3.39. The van der Waals surface area contributed by atoms with E-state index in [0.717, 1.165) is 21.9 Å². The molecule has 0 atom stereocenters. The lowest BCUT2D eigenvalue weighted by Gasteiger charge is -2.07. The molecule has 74 valence electrons. The molecule has 0 radical (unpaired) electrons. The number of rotatable bonds is 2. The highest BCUT2D eigenvalue weighted by Gasteiger charge is 2.05. The molecule has 2 aromatic rings. The third-order valence-corrected chi connectivity index (χ3v) is 2.83. The molecule has 0 aliphatic carbocycles. The molecule has 0 saturated heterocycles. The number of fused-ring (bicyclic) bond motifs is 1. The van der Waals surface area contributed by atoms with E-state index >= 15 is 0 Å². The number of alkyl halides is 1. The molecule has 0 aromatic heterocycles. The van der Waals surface area contributed by atoms with Gasteiger partial charge in [0.05, 0.1) is 12.5 Å². The van der Waals surface area contributed by atoms with E-state index in [0.29, 0.717) is 12.3 Å². The van der Waals surface area contributed by atoms with Crippen molar-refractivity contribution in [2.75, 3.05) is 0 Å². The van der Waals surface area contributed by atoms with Crippen LogP contribution in [0.1, 0.15) is 11.1 Å². The second kappa shape index (κ2) is 4.33. The number of hydrogen-bond donors (Lipinski definition) is 0. The number of hydrogen-bond acceptors (Lipinski definition) is 1. The Hall–Kier alpha value is -1.52. The molecule has 2 heteroatoms. The molecule has 0 unspecified atom stereocenters. The zero-order valence-electron chi connectivity index (χ0n) is 8.20. The summed E-state index contributed by atoms with van der Waals surface area (Å²) in [5.41, 5.74) is 2.11. The van der Waals surface area contributed by atoms with Gasteiger partial charge in [-0.25, -0.2) is 0 Å². The number of nitrogens with zero attached hydrogens (tertiary/aromatic N) is 1. The van der Waals surface area contributed by atoms with Crippen molar-refractivity contribution < 1.29 is 0 Å². The van der Waals surface area contributed by atoms with Crippen LogP contribution < -0.4 is 0 Å². The molecule has 0 aliphatic heterocycles. The molecule has 15 heavy (non-hydrogen) atoms. The van der Waals surface area contributed by atoms with Crippen molar-refractivity contribution in [3.63, 3.8) is 0 Å². The molecular formula is C13H10ClN. The summed E-state index contributed by atoms with van der Waals surface area (Å²) in [6.07, 6.45) is 0.420. The minimum Gasteiger partial charge on any atom is -0.198 e. The van der Waals surface area contributed by atoms with Crippen molar-refractivity contribution >= 4 is 22.4 Å². The van der Waals surface area contributed by atoms with Crippen LogP contribution in [-0.4, -0.2) is 0 Å². The number of benzene rings is 2. The van der Waals surface area contributed by atoms with Crippen LogP contribution in [0.25, 0.3) is 10.8 Å². The summed E-state index contributed by atoms with van der Waals surface area (Å²) in [6, 6.07) is 14.3. The Bertz CT molecular complexity index is 526. The van der Waals surface area contributed by atoms with Gasteiger partial charge in [0.2, 0.25) is 0 Å². The fraction of sp³-hybridized carbons (Fsp3) is 0.154. The maximum absolute atomic E-state index is 8.81. The first-order valence-electron chi connectivity index (χ1n) is 4.79. The van der Waals surface area contributed by atoms with Gasteiger partial charge in [0.25, 0.3) is 0 Å². The molecule has 2 rings (SSSR count). The van der Waals surface area contributed by atoms with Crippen LogP contribution in [0.4, 0.5) is 0 Å². The van der Waals surface area contributed by atoms with Crippen LogP contribution in [0, 0.1) is 11.3 Å². The van der Waals surface area contributed by atoms with Crippen molar-refractivity contribution in [2.24, 2.45) is 0 Å². The topological polar surface area (TPSA) is 23.8 Å². The van der Waals surface area contributed by atoms with Gasteiger partial charge in [0.1, 0.15) is 0 Å². The van der Waals surface area contributed by atoms with Gasteiger partial charge in [-0.15, -0.1) is 11.6 Å². The number of halogens is 1. The maximum atomic E-state index is 8.81. The van der Waals surface area contributed by atoms with E-state index in [4.69, 9.17) is 16.9 Å². The van der Waals surface area contributed by atoms with Gasteiger partial charge >= 0.3 is 0 Å². The molecule has 0 saturated carbocycles. The quantitative estimate of drug-likeness (QED) is 0.702. The van der Waals surface area contributed by atoms with E-state index in [1.165, 1.54) is 0 Å². The first-order valence-corrected chi connectivity index (χ1v) is 5.32. The van der Waals surface area contributed by atoms with Crippen molar-refractivity contribution in [3.8, 4) is 6.07 Å². The Labute approximate surface area is 93.9 Å². The molecule has 0 N–H and O–H groups in total. The third-order valence-electron chi connectivity index (χ3n) is 2.54. The van der Waals surface area contributed by atoms with E-state index in [1.807, 2.05) is 36.4 Å². The predicted octanol–water partition coefficient (Wildman–Crippen LogP) is 3.64. The van der Waals surface area contributed by atoms with Crippen molar-refractivity contribution in [1.82, 2.24) is 0 Å². The fourth-order valence-corrected chi connectivity index (χ4v) is 2.04. The smallest absolute Gasteiger partial charge is 0.0670 e. The Morgan fingerprint density at radius 1 is 1.13 bits per heavy atom. The zero-order chi connectivity index (χ0) is 10.7. The molecule has 0 fully saturated rings. The van der Waals surface area contributed by atoms with Crippen LogP contribution in [0.5, 0.6) is 0 Å². The molecular weight excluding hydrogens is 206 g/mol. The van der Waals surface area contributed by atoms with Gasteiger partial charge in [-0.2, -0.15) is 5.26 Å². The zero-order valence-corrected chi connectivity index (χ0v) is 8.96. The van der Waals surface area contributed by atoms with Gasteiger partial charge in [-0.05, 0) is 21.9 Å². The fourth-order valence-electron chi connectivity index (χ4n) is 1.79. The average Bonchev–Trinajstić information content (AvgIpc) is 2.30. The average molecular weight is 216 g/mol. The largest absolute Gasteiger partial charge is 0.198 e. The lowest BCUT2D eigenvalue weighted by molar-refractivity contribution is 1.22. The van der Waals surface area contributed by atoms with Gasteiger partial charge in [-0.3, -0.25) is 0 Å². The molecule has 0 amide bonds. The number of nitriles is 1. The summed E-state index contributed by atoms with van der Waals surface area (Å²) in [7, 11) is 0. The molecule has 2 aromatic carbocycles. The Morgan fingerprint density at radius 2 is 1.93 bits per heavy atom. The van der Waals surface area contributed by atoms with Gasteiger partial charge in [0.15, 0.2) is 0 Å². The van der Waals surface area contributed by atoms with E-state index in [-0.39, 0.29) is 0 Å². The van der Waals surface area contributed by atoms with Gasteiger partial charge in [-0.1, -0.05) is 36.4 Å². The summed E-state index contributed by atoms with van der Waals surface area (Å²) < 4.78 is 0. The van der Waals surface area contributed by atoms with E-state index in [1.54, 1.807) is 0 Å². The molecule has 1 nitrogen and oxygen atoms in total. The highest BCUT2D eigenvalue weighted by Crippen LogP contribution is 2.24. The standard InChI is InChI=1S/C13H10ClN/c14-9-11-6-5-10-3-1-2-4-12(10)13(11)7-8-15/h1-6H,7,9H2. The minimum absolute atomic E-state index is 0.420. The van der Waals surface area contributed by atoms with Crippen molar-refractivity contribution in [2.45, 2.75) is 12.3 Å². The van der Waals surface area contributed by atoms with Crippen LogP contribution in [0.15, 0.2) is 36.4 Å². The van der Waals surface area contributed by atoms with Crippen molar-refractivity contribution in [1.29, 1.82) is 5.26 Å². The summed E-state index contributed by atoms with van der Waals surface area (Å²) in [6.45, 7) is 0. The SMILES string of the molecule is N#CCc1c(CCl)ccc2ccccc12. The van der Waals surface area contributed by atoms with E-state index in [2.05, 4.69) is 6.07 Å². The van der Waals surface area contributed by atoms with Crippen LogP contribution >= 0.6 is 11.6 Å². The highest BCUT2D eigenvalue weighted by molar-refractivity contribution is 6.17. The Balaban J connectivity index is 2.74. The first kappa shape index (κ1) is 10.0. The predicted molar refractivity (Wildman–Crippen MR) is 62.8 cm³/mol. The summed E-state index contributed by atoms with van der Waals surface area (Å²) in [5, 5.41) is 11.1. The Morgan fingerprint density at radius 3 is 2.67 bits per heavy atom. The highest BCUT2D eigenvalue weighted by atomic mass is 35.5. The molecule has 0 spiro atoms. The minimum atomic E-state index is 0.420. The monoisotopic (exact) mass is 215 g/mol. The second-order valence-corrected chi connectivity index (χ2v) is 3.66. The van der Waals surface area contributed by atoms with Gasteiger partial charge < -0.3 is 0 Å². The summed E-state index contributed by atoms with van der Waals surface area (Å²) >= 11 is 5.86. The third kappa shape index (κ3) is 1.82. The maximum Gasteiger partial charge on any atom is 0.0670 e. The van der Waals surface area contributed by atoms with E-state index in [9.17, 15) is 0 Å². The lowest BCUT2D eigenvalue weighted by atomic mass is 9.98. The molecule has 0 aliphatic rings. The van der Waals surface area contributed by atoms with Gasteiger partial charge in [0, 0.05) is 5.88 Å². The van der Waals surface area contributed by atoms with E-state index < -0.39 is 0 Å². The lowest BCUT2D eigenvalue weighted by Crippen LogP contribution is -1.92. The Kier molecular flexibility index (Phi) is 2.89. The van der Waals surface area contributed by atoms with Crippen LogP contribution in [0.3, 0.4) is 0 Å². The molecule has 0 bridgehead atoms. The first-order chi connectivity index (χ1) is 7.36. The summed E-state index contributed by atoms with van der Waals surface area (Å²) in [5.74, 6) is 0.460. The normalized spacial score (nSPS) is 10.1. The van der Waals surface area contributed by atoms with Crippen LogP contribution in [-0.2, 0) is 12.3 Å². The van der Waals surface area contributed by atoms with Crippen LogP contribution in [0.2, 0.25) is 0 Å². The summed E-state index contributed by atoms with van der Waals surface area (Å²) in [4.78, 5) is 0. The van der Waals surface area contributed by atoms with Crippen molar-refractivity contribution in [3.05, 3.63) is 47.5 Å². The molecule has 0 heterocycles.